The minimum absolute atomic E-state index is 0.294. The van der Waals surface area contributed by atoms with E-state index in [4.69, 9.17) is 5.73 Å². The first-order chi connectivity index (χ1) is 6.74. The number of benzene rings is 1. The van der Waals surface area contributed by atoms with Crippen molar-refractivity contribution in [2.24, 2.45) is 17.1 Å². The summed E-state index contributed by atoms with van der Waals surface area (Å²) in [7, 11) is 0. The van der Waals surface area contributed by atoms with Gasteiger partial charge in [0.25, 0.3) is 0 Å². The molecule has 0 aliphatic heterocycles. The molecule has 1 spiro atoms. The molecule has 1 aromatic rings. The summed E-state index contributed by atoms with van der Waals surface area (Å²) in [4.78, 5) is 0. The van der Waals surface area contributed by atoms with E-state index in [9.17, 15) is 0 Å². The van der Waals surface area contributed by atoms with E-state index in [0.717, 1.165) is 5.92 Å². The summed E-state index contributed by atoms with van der Waals surface area (Å²) >= 11 is 0. The van der Waals surface area contributed by atoms with Crippen molar-refractivity contribution in [2.45, 2.75) is 32.2 Å². The maximum absolute atomic E-state index is 6.38. The monoisotopic (exact) mass is 187 g/mol. The number of nitrogens with two attached hydrogens (primary N) is 1. The quantitative estimate of drug-likeness (QED) is 0.664. The van der Waals surface area contributed by atoms with Crippen molar-refractivity contribution < 1.29 is 0 Å². The van der Waals surface area contributed by atoms with Gasteiger partial charge in [-0.3, -0.25) is 0 Å². The summed E-state index contributed by atoms with van der Waals surface area (Å²) in [5.41, 5.74) is 9.69. The minimum Gasteiger partial charge on any atom is -0.323 e. The van der Waals surface area contributed by atoms with Crippen LogP contribution in [0.5, 0.6) is 0 Å². The molecule has 2 N–H and O–H groups in total. The molecule has 14 heavy (non-hydrogen) atoms. The highest BCUT2D eigenvalue weighted by Crippen LogP contribution is 2.59. The third-order valence-corrected chi connectivity index (χ3v) is 4.55. The normalized spacial score (nSPS) is 39.6. The highest BCUT2D eigenvalue weighted by atomic mass is 14.8. The van der Waals surface area contributed by atoms with Crippen molar-refractivity contribution in [3.63, 3.8) is 0 Å². The lowest BCUT2D eigenvalue weighted by Crippen LogP contribution is -2.45. The molecule has 0 saturated heterocycles. The average Bonchev–Trinajstić information content (AvgIpc) is 2.53. The second-order valence-electron chi connectivity index (χ2n) is 5.03. The molecule has 1 nitrogen and oxygen atoms in total. The van der Waals surface area contributed by atoms with Gasteiger partial charge in [-0.1, -0.05) is 31.2 Å². The molecule has 0 heterocycles. The summed E-state index contributed by atoms with van der Waals surface area (Å²) in [6.07, 6.45) is 3.90. The fourth-order valence-electron chi connectivity index (χ4n) is 3.30. The Kier molecular flexibility index (Phi) is 1.58. The Morgan fingerprint density at radius 2 is 2.14 bits per heavy atom. The Morgan fingerprint density at radius 3 is 2.71 bits per heavy atom. The Morgan fingerprint density at radius 1 is 1.36 bits per heavy atom. The van der Waals surface area contributed by atoms with Gasteiger partial charge in [-0.2, -0.15) is 0 Å². The molecule has 1 aromatic carbocycles. The molecule has 1 heteroatoms. The molecule has 3 atom stereocenters. The number of hydrogen-bond acceptors (Lipinski definition) is 1. The highest BCUT2D eigenvalue weighted by molar-refractivity contribution is 5.39. The van der Waals surface area contributed by atoms with E-state index >= 15 is 0 Å². The van der Waals surface area contributed by atoms with Crippen LogP contribution in [0.4, 0.5) is 0 Å². The van der Waals surface area contributed by atoms with Crippen LogP contribution in [0.25, 0.3) is 0 Å². The Bertz CT molecular complexity index is 371. The van der Waals surface area contributed by atoms with Crippen molar-refractivity contribution in [2.75, 3.05) is 0 Å². The summed E-state index contributed by atoms with van der Waals surface area (Å²) in [5, 5.41) is 0. The number of rotatable bonds is 0. The molecule has 1 fully saturated rings. The summed E-state index contributed by atoms with van der Waals surface area (Å²) < 4.78 is 0. The lowest BCUT2D eigenvalue weighted by Gasteiger charge is -2.48. The molecule has 3 unspecified atom stereocenters. The Hall–Kier alpha value is -0.820. The lowest BCUT2D eigenvalue weighted by atomic mass is 9.57. The van der Waals surface area contributed by atoms with Gasteiger partial charge in [-0.25, -0.2) is 0 Å². The summed E-state index contributed by atoms with van der Waals surface area (Å²) in [5.74, 6) is 0.810. The SMILES string of the molecule is CC1CCC12Cc1ccccc1C2N. The van der Waals surface area contributed by atoms with Gasteiger partial charge < -0.3 is 5.73 Å². The second kappa shape index (κ2) is 2.60. The fourth-order valence-corrected chi connectivity index (χ4v) is 3.30. The Balaban J connectivity index is 2.05. The minimum atomic E-state index is 0.294. The van der Waals surface area contributed by atoms with Gasteiger partial charge in [0.15, 0.2) is 0 Å². The van der Waals surface area contributed by atoms with Crippen molar-refractivity contribution in [1.82, 2.24) is 0 Å². The average molecular weight is 187 g/mol. The first-order valence-electron chi connectivity index (χ1n) is 5.57. The summed E-state index contributed by atoms with van der Waals surface area (Å²) in [6, 6.07) is 8.99. The molecule has 0 amide bonds. The molecule has 0 bridgehead atoms. The maximum Gasteiger partial charge on any atom is 0.0360 e. The topological polar surface area (TPSA) is 26.0 Å². The van der Waals surface area contributed by atoms with Gasteiger partial charge >= 0.3 is 0 Å². The molecular weight excluding hydrogens is 170 g/mol. The molecule has 3 rings (SSSR count). The molecule has 0 aromatic heterocycles. The molecule has 2 aliphatic carbocycles. The maximum atomic E-state index is 6.38. The zero-order valence-electron chi connectivity index (χ0n) is 8.66. The van der Waals surface area contributed by atoms with Crippen LogP contribution in [0, 0.1) is 11.3 Å². The first kappa shape index (κ1) is 8.49. The summed E-state index contributed by atoms with van der Waals surface area (Å²) in [6.45, 7) is 2.36. The van der Waals surface area contributed by atoms with Gasteiger partial charge in [0, 0.05) is 6.04 Å². The van der Waals surface area contributed by atoms with Crippen LogP contribution in [-0.4, -0.2) is 0 Å². The van der Waals surface area contributed by atoms with E-state index in [2.05, 4.69) is 31.2 Å². The molecule has 1 saturated carbocycles. The van der Waals surface area contributed by atoms with Crippen molar-refractivity contribution in [3.05, 3.63) is 35.4 Å². The van der Waals surface area contributed by atoms with E-state index in [0.29, 0.717) is 11.5 Å². The van der Waals surface area contributed by atoms with Crippen LogP contribution in [0.15, 0.2) is 24.3 Å². The third kappa shape index (κ3) is 0.838. The van der Waals surface area contributed by atoms with Gasteiger partial charge in [0.2, 0.25) is 0 Å². The van der Waals surface area contributed by atoms with Gasteiger partial charge in [-0.05, 0) is 41.7 Å². The Labute approximate surface area is 85.3 Å². The smallest absolute Gasteiger partial charge is 0.0360 e. The second-order valence-corrected chi connectivity index (χ2v) is 5.03. The van der Waals surface area contributed by atoms with Gasteiger partial charge in [0.1, 0.15) is 0 Å². The molecular formula is C13H17N. The van der Waals surface area contributed by atoms with Crippen LogP contribution in [0.1, 0.15) is 36.9 Å². The number of fused-ring (bicyclic) bond motifs is 1. The van der Waals surface area contributed by atoms with Crippen LogP contribution < -0.4 is 5.73 Å². The largest absolute Gasteiger partial charge is 0.323 e. The van der Waals surface area contributed by atoms with Crippen molar-refractivity contribution >= 4 is 0 Å². The highest BCUT2D eigenvalue weighted by Gasteiger charge is 2.52. The number of hydrogen-bond donors (Lipinski definition) is 1. The van der Waals surface area contributed by atoms with Crippen LogP contribution in [-0.2, 0) is 6.42 Å². The molecule has 0 radical (unpaired) electrons. The van der Waals surface area contributed by atoms with Crippen molar-refractivity contribution in [1.29, 1.82) is 0 Å². The zero-order valence-corrected chi connectivity index (χ0v) is 8.66. The van der Waals surface area contributed by atoms with Crippen molar-refractivity contribution in [3.8, 4) is 0 Å². The lowest BCUT2D eigenvalue weighted by molar-refractivity contribution is 0.0268. The van der Waals surface area contributed by atoms with E-state index in [-0.39, 0.29) is 0 Å². The van der Waals surface area contributed by atoms with Gasteiger partial charge in [0.05, 0.1) is 0 Å². The van der Waals surface area contributed by atoms with E-state index in [1.807, 2.05) is 0 Å². The third-order valence-electron chi connectivity index (χ3n) is 4.55. The van der Waals surface area contributed by atoms with Crippen LogP contribution in [0.2, 0.25) is 0 Å². The standard InChI is InChI=1S/C13H17N/c1-9-6-7-13(9)8-10-4-2-3-5-11(10)12(13)14/h2-5,9,12H,6-8,14H2,1H3. The predicted octanol–water partition coefficient (Wildman–Crippen LogP) is 2.66. The van der Waals surface area contributed by atoms with Gasteiger partial charge in [-0.15, -0.1) is 0 Å². The van der Waals surface area contributed by atoms with E-state index < -0.39 is 0 Å². The van der Waals surface area contributed by atoms with E-state index in [1.165, 1.54) is 30.4 Å². The predicted molar refractivity (Wildman–Crippen MR) is 57.9 cm³/mol. The van der Waals surface area contributed by atoms with Crippen LogP contribution >= 0.6 is 0 Å². The zero-order chi connectivity index (χ0) is 9.76. The first-order valence-corrected chi connectivity index (χ1v) is 5.57. The fraction of sp³-hybridized carbons (Fsp3) is 0.538. The molecule has 74 valence electrons. The van der Waals surface area contributed by atoms with Crippen LogP contribution in [0.3, 0.4) is 0 Å². The molecule has 2 aliphatic rings. The van der Waals surface area contributed by atoms with E-state index in [1.54, 1.807) is 0 Å².